The molecule has 2 aromatic rings. The lowest BCUT2D eigenvalue weighted by Gasteiger charge is -2.01. The molecule has 0 aliphatic carbocycles. The zero-order valence-electron chi connectivity index (χ0n) is 10.3. The summed E-state index contributed by atoms with van der Waals surface area (Å²) in [6.07, 6.45) is 3.28. The number of hydrogen-bond acceptors (Lipinski definition) is 1. The third kappa shape index (κ3) is 4.60. The topological polar surface area (TPSA) is 29.1 Å². The molecule has 0 saturated heterocycles. The van der Waals surface area contributed by atoms with Crippen molar-refractivity contribution in [2.45, 2.75) is 6.54 Å². The molecule has 0 aromatic heterocycles. The quantitative estimate of drug-likeness (QED) is 0.845. The second-order valence-electron chi connectivity index (χ2n) is 4.09. The second kappa shape index (κ2) is 6.76. The van der Waals surface area contributed by atoms with Crippen molar-refractivity contribution in [2.24, 2.45) is 0 Å². The van der Waals surface area contributed by atoms with Gasteiger partial charge in [-0.1, -0.05) is 54.1 Å². The van der Waals surface area contributed by atoms with E-state index in [1.807, 2.05) is 42.5 Å². The van der Waals surface area contributed by atoms with Gasteiger partial charge in [0.15, 0.2) is 0 Å². The predicted octanol–water partition coefficient (Wildman–Crippen LogP) is 3.67. The molecule has 0 heterocycles. The Hall–Kier alpha value is -2.06. The minimum atomic E-state index is -0.112. The van der Waals surface area contributed by atoms with E-state index in [2.05, 4.69) is 5.32 Å². The number of rotatable bonds is 4. The number of benzene rings is 2. The molecular formula is C16H14ClNO. The Bertz CT molecular complexity index is 561. The van der Waals surface area contributed by atoms with Crippen LogP contribution in [0.25, 0.3) is 6.08 Å². The molecule has 0 aliphatic rings. The highest BCUT2D eigenvalue weighted by Crippen LogP contribution is 2.10. The lowest BCUT2D eigenvalue weighted by atomic mass is 10.2. The third-order valence-electron chi connectivity index (χ3n) is 2.61. The van der Waals surface area contributed by atoms with E-state index in [0.29, 0.717) is 11.6 Å². The predicted molar refractivity (Wildman–Crippen MR) is 78.8 cm³/mol. The molecular weight excluding hydrogens is 258 g/mol. The summed E-state index contributed by atoms with van der Waals surface area (Å²) >= 11 is 5.79. The zero-order valence-corrected chi connectivity index (χ0v) is 11.1. The van der Waals surface area contributed by atoms with Crippen LogP contribution in [0.2, 0.25) is 5.02 Å². The second-order valence-corrected chi connectivity index (χ2v) is 4.52. The summed E-state index contributed by atoms with van der Waals surface area (Å²) in [5, 5.41) is 3.51. The monoisotopic (exact) mass is 271 g/mol. The van der Waals surface area contributed by atoms with Crippen molar-refractivity contribution in [1.29, 1.82) is 0 Å². The van der Waals surface area contributed by atoms with Crippen LogP contribution in [0.1, 0.15) is 11.1 Å². The fourth-order valence-corrected chi connectivity index (χ4v) is 1.72. The highest BCUT2D eigenvalue weighted by atomic mass is 35.5. The average Bonchev–Trinajstić information content (AvgIpc) is 2.45. The Morgan fingerprint density at radius 1 is 1.05 bits per heavy atom. The lowest BCUT2D eigenvalue weighted by Crippen LogP contribution is -2.20. The smallest absolute Gasteiger partial charge is 0.244 e. The molecule has 0 bridgehead atoms. The van der Waals surface area contributed by atoms with Gasteiger partial charge in [-0.05, 0) is 29.3 Å². The third-order valence-corrected chi connectivity index (χ3v) is 2.86. The molecule has 0 saturated carbocycles. The minimum absolute atomic E-state index is 0.112. The van der Waals surface area contributed by atoms with Crippen LogP contribution in [0.15, 0.2) is 60.7 Å². The molecule has 1 amide bonds. The maximum atomic E-state index is 11.6. The summed E-state index contributed by atoms with van der Waals surface area (Å²) in [6.45, 7) is 0.532. The van der Waals surface area contributed by atoms with Crippen LogP contribution in [-0.4, -0.2) is 5.91 Å². The number of carbonyl (C=O) groups is 1. The van der Waals surface area contributed by atoms with Gasteiger partial charge in [0.05, 0.1) is 0 Å². The van der Waals surface area contributed by atoms with Crippen molar-refractivity contribution in [3.8, 4) is 0 Å². The van der Waals surface area contributed by atoms with Crippen LogP contribution in [-0.2, 0) is 11.3 Å². The van der Waals surface area contributed by atoms with Gasteiger partial charge in [-0.25, -0.2) is 0 Å². The van der Waals surface area contributed by atoms with E-state index in [0.717, 1.165) is 11.1 Å². The number of amides is 1. The van der Waals surface area contributed by atoms with Crippen LogP contribution >= 0.6 is 11.6 Å². The minimum Gasteiger partial charge on any atom is -0.348 e. The Labute approximate surface area is 117 Å². The maximum Gasteiger partial charge on any atom is 0.244 e. The van der Waals surface area contributed by atoms with Crippen LogP contribution in [0.5, 0.6) is 0 Å². The molecule has 3 heteroatoms. The summed E-state index contributed by atoms with van der Waals surface area (Å²) in [4.78, 5) is 11.6. The fourth-order valence-electron chi connectivity index (χ4n) is 1.59. The Kier molecular flexibility index (Phi) is 4.76. The molecule has 0 fully saturated rings. The first kappa shape index (κ1) is 13.4. The van der Waals surface area contributed by atoms with Gasteiger partial charge < -0.3 is 5.32 Å². The van der Waals surface area contributed by atoms with Gasteiger partial charge >= 0.3 is 0 Å². The van der Waals surface area contributed by atoms with E-state index < -0.39 is 0 Å². The van der Waals surface area contributed by atoms with Gasteiger partial charge in [0.2, 0.25) is 5.91 Å². The Balaban J connectivity index is 1.86. The molecule has 1 N–H and O–H groups in total. The van der Waals surface area contributed by atoms with E-state index in [1.54, 1.807) is 18.2 Å². The summed E-state index contributed by atoms with van der Waals surface area (Å²) < 4.78 is 0. The fraction of sp³-hybridized carbons (Fsp3) is 0.0625. The summed E-state index contributed by atoms with van der Waals surface area (Å²) in [6, 6.07) is 17.1. The zero-order chi connectivity index (χ0) is 13.5. The normalized spacial score (nSPS) is 10.6. The first-order chi connectivity index (χ1) is 9.24. The van der Waals surface area contributed by atoms with Crippen molar-refractivity contribution in [3.63, 3.8) is 0 Å². The number of halogens is 1. The molecule has 96 valence electrons. The summed E-state index contributed by atoms with van der Waals surface area (Å²) in [5.41, 5.74) is 2.02. The van der Waals surface area contributed by atoms with E-state index in [9.17, 15) is 4.79 Å². The molecule has 2 rings (SSSR count). The number of nitrogens with one attached hydrogen (secondary N) is 1. The van der Waals surface area contributed by atoms with E-state index in [-0.39, 0.29) is 5.91 Å². The molecule has 0 radical (unpaired) electrons. The molecule has 0 atom stereocenters. The van der Waals surface area contributed by atoms with Crippen LogP contribution in [0, 0.1) is 0 Å². The number of carbonyl (C=O) groups excluding carboxylic acids is 1. The van der Waals surface area contributed by atoms with E-state index >= 15 is 0 Å². The largest absolute Gasteiger partial charge is 0.348 e. The molecule has 0 aliphatic heterocycles. The van der Waals surface area contributed by atoms with Crippen LogP contribution < -0.4 is 5.32 Å². The summed E-state index contributed by atoms with van der Waals surface area (Å²) in [7, 11) is 0. The van der Waals surface area contributed by atoms with Crippen molar-refractivity contribution in [3.05, 3.63) is 76.8 Å². The average molecular weight is 272 g/mol. The van der Waals surface area contributed by atoms with E-state index in [1.165, 1.54) is 6.08 Å². The van der Waals surface area contributed by atoms with Gasteiger partial charge in [0.25, 0.3) is 0 Å². The van der Waals surface area contributed by atoms with Crippen molar-refractivity contribution in [2.75, 3.05) is 0 Å². The molecule has 2 aromatic carbocycles. The van der Waals surface area contributed by atoms with Gasteiger partial charge in [-0.2, -0.15) is 0 Å². The molecule has 2 nitrogen and oxygen atoms in total. The van der Waals surface area contributed by atoms with Gasteiger partial charge in [-0.15, -0.1) is 0 Å². The molecule has 0 unspecified atom stereocenters. The van der Waals surface area contributed by atoms with Gasteiger partial charge in [0, 0.05) is 17.6 Å². The lowest BCUT2D eigenvalue weighted by molar-refractivity contribution is -0.116. The standard InChI is InChI=1S/C16H14ClNO/c17-15-9-6-13(7-10-15)8-11-16(19)18-12-14-4-2-1-3-5-14/h1-11H,12H2,(H,18,19). The molecule has 0 spiro atoms. The summed E-state index contributed by atoms with van der Waals surface area (Å²) in [5.74, 6) is -0.112. The molecule has 19 heavy (non-hydrogen) atoms. The number of hydrogen-bond donors (Lipinski definition) is 1. The van der Waals surface area contributed by atoms with Gasteiger partial charge in [0.1, 0.15) is 0 Å². The van der Waals surface area contributed by atoms with Crippen LogP contribution in [0.4, 0.5) is 0 Å². The van der Waals surface area contributed by atoms with Crippen molar-refractivity contribution >= 4 is 23.6 Å². The maximum absolute atomic E-state index is 11.6. The first-order valence-electron chi connectivity index (χ1n) is 5.99. The Morgan fingerprint density at radius 3 is 2.42 bits per heavy atom. The SMILES string of the molecule is O=C(C=Cc1ccc(Cl)cc1)NCc1ccccc1. The highest BCUT2D eigenvalue weighted by Gasteiger charge is 1.96. The highest BCUT2D eigenvalue weighted by molar-refractivity contribution is 6.30. The van der Waals surface area contributed by atoms with Crippen molar-refractivity contribution < 1.29 is 4.79 Å². The van der Waals surface area contributed by atoms with E-state index in [4.69, 9.17) is 11.6 Å². The Morgan fingerprint density at radius 2 is 1.74 bits per heavy atom. The van der Waals surface area contributed by atoms with Crippen molar-refractivity contribution in [1.82, 2.24) is 5.32 Å². The first-order valence-corrected chi connectivity index (χ1v) is 6.37. The van der Waals surface area contributed by atoms with Gasteiger partial charge in [-0.3, -0.25) is 4.79 Å². The van der Waals surface area contributed by atoms with Crippen LogP contribution in [0.3, 0.4) is 0 Å².